The first kappa shape index (κ1) is 42.2. The molecule has 0 saturated carbocycles. The molecule has 0 radical (unpaired) electrons. The molecular weight excluding hydrogens is 881 g/mol. The van der Waals surface area contributed by atoms with Gasteiger partial charge in [0.2, 0.25) is 0 Å². The van der Waals surface area contributed by atoms with Crippen LogP contribution in [0, 0.1) is 0 Å². The molecule has 0 atom stereocenters. The fourth-order valence-electron chi connectivity index (χ4n) is 14.8. The van der Waals surface area contributed by atoms with Crippen molar-refractivity contribution in [1.82, 2.24) is 0 Å². The van der Waals surface area contributed by atoms with Crippen LogP contribution in [0.25, 0.3) is 77.2 Å². The van der Waals surface area contributed by atoms with E-state index in [9.17, 15) is 0 Å². The minimum absolute atomic E-state index is 0.263. The molecule has 0 amide bonds. The van der Waals surface area contributed by atoms with E-state index in [-0.39, 0.29) is 10.8 Å². The molecule has 2 aliphatic heterocycles. The third-order valence-corrected chi connectivity index (χ3v) is 17.8. The van der Waals surface area contributed by atoms with Crippen molar-refractivity contribution in [2.75, 3.05) is 23.9 Å². The van der Waals surface area contributed by atoms with Gasteiger partial charge < -0.3 is 9.80 Å². The monoisotopic (exact) mass is 934 g/mol. The second-order valence-corrected chi connectivity index (χ2v) is 22.0. The number of rotatable bonds is 3. The SMILES string of the molecule is CN1c2ccccc2C(C)(C)c2c(-c3cccc4c(-c5cccc6c5C5(c7ccccc7-c7ccccc75)c5ccccc5-6)c5cccc(-c6cccc7c6C(C)(C)c6ccccc6N7C)c5cc34)cccc21. The van der Waals surface area contributed by atoms with Crippen LogP contribution in [0.2, 0.25) is 0 Å². The average molecular weight is 935 g/mol. The summed E-state index contributed by atoms with van der Waals surface area (Å²) in [6.07, 6.45) is 0. The summed E-state index contributed by atoms with van der Waals surface area (Å²) in [4.78, 5) is 4.81. The van der Waals surface area contributed by atoms with Crippen molar-refractivity contribution >= 4 is 44.3 Å². The smallest absolute Gasteiger partial charge is 0.0731 e. The van der Waals surface area contributed by atoms with Crippen LogP contribution in [0.4, 0.5) is 22.7 Å². The number of hydrogen-bond acceptors (Lipinski definition) is 2. The van der Waals surface area contributed by atoms with E-state index in [2.05, 4.69) is 270 Å². The van der Waals surface area contributed by atoms with Gasteiger partial charge in [0.05, 0.1) is 5.41 Å². The molecule has 1 spiro atoms. The lowest BCUT2D eigenvalue weighted by Crippen LogP contribution is -2.31. The minimum atomic E-state index is -0.527. The van der Waals surface area contributed by atoms with E-state index in [0.717, 1.165) is 0 Å². The zero-order valence-corrected chi connectivity index (χ0v) is 42.2. The Balaban J connectivity index is 1.10. The first-order chi connectivity index (χ1) is 35.6. The van der Waals surface area contributed by atoms with Crippen molar-refractivity contribution in [3.63, 3.8) is 0 Å². The molecule has 2 aliphatic carbocycles. The van der Waals surface area contributed by atoms with Crippen LogP contribution in [0.3, 0.4) is 0 Å². The fraction of sp³-hybridized carbons (Fsp3) is 0.127. The van der Waals surface area contributed by atoms with Gasteiger partial charge in [0, 0.05) is 47.7 Å². The molecule has 348 valence electrons. The van der Waals surface area contributed by atoms with Gasteiger partial charge in [-0.2, -0.15) is 0 Å². The van der Waals surface area contributed by atoms with E-state index in [1.54, 1.807) is 0 Å². The maximum atomic E-state index is 2.56. The molecule has 73 heavy (non-hydrogen) atoms. The topological polar surface area (TPSA) is 6.48 Å². The van der Waals surface area contributed by atoms with E-state index in [1.807, 2.05) is 0 Å². The number of benzene rings is 11. The van der Waals surface area contributed by atoms with E-state index in [0.29, 0.717) is 0 Å². The lowest BCUT2D eigenvalue weighted by atomic mass is 9.68. The highest BCUT2D eigenvalue weighted by molar-refractivity contribution is 6.21. The number of anilines is 4. The third kappa shape index (κ3) is 5.33. The van der Waals surface area contributed by atoms with E-state index >= 15 is 0 Å². The summed E-state index contributed by atoms with van der Waals surface area (Å²) in [7, 11) is 4.47. The van der Waals surface area contributed by atoms with Crippen LogP contribution in [0.15, 0.2) is 218 Å². The second kappa shape index (κ2) is 14.8. The summed E-state index contributed by atoms with van der Waals surface area (Å²) in [6.45, 7) is 9.68. The zero-order valence-electron chi connectivity index (χ0n) is 42.2. The molecule has 0 N–H and O–H groups in total. The highest BCUT2D eigenvalue weighted by atomic mass is 15.1. The number of hydrogen-bond donors (Lipinski definition) is 0. The van der Waals surface area contributed by atoms with Crippen molar-refractivity contribution in [2.24, 2.45) is 0 Å². The summed E-state index contributed by atoms with van der Waals surface area (Å²) >= 11 is 0. The maximum absolute atomic E-state index is 2.56. The number of fused-ring (bicyclic) bond motifs is 16. The highest BCUT2D eigenvalue weighted by Crippen LogP contribution is 2.65. The van der Waals surface area contributed by atoms with Gasteiger partial charge in [-0.3, -0.25) is 0 Å². The molecule has 2 heterocycles. The van der Waals surface area contributed by atoms with Crippen molar-refractivity contribution in [1.29, 1.82) is 0 Å². The summed E-state index contributed by atoms with van der Waals surface area (Å²) < 4.78 is 0. The van der Waals surface area contributed by atoms with Crippen molar-refractivity contribution in [2.45, 2.75) is 43.9 Å². The molecule has 0 unspecified atom stereocenters. The Bertz CT molecular complexity index is 3970. The standard InChI is InChI=1S/C71H54N2/c1-69(2)59-36-13-15-38-61(59)72(5)63-40-20-30-50(67(63)69)43-25-17-27-48-54(43)42-55-44(51-31-21-41-64-68(51)70(3,4)60-37-14-16-39-62(60)73(64)6)26-18-28-49(55)65(48)53-32-19-29-52-47-24-9-12-35-58(47)71(66(52)53)56-33-10-7-22-45(56)46-23-8-11-34-57(46)71/h7-42H,1-6H3. The first-order valence-corrected chi connectivity index (χ1v) is 26.0. The van der Waals surface area contributed by atoms with Crippen molar-refractivity contribution in [3.05, 3.63) is 263 Å². The molecule has 11 aromatic rings. The van der Waals surface area contributed by atoms with Crippen molar-refractivity contribution < 1.29 is 0 Å². The molecular formula is C71H54N2. The maximum Gasteiger partial charge on any atom is 0.0731 e. The molecule has 15 rings (SSSR count). The summed E-state index contributed by atoms with van der Waals surface area (Å²) in [5.74, 6) is 0. The molecule has 0 aromatic heterocycles. The van der Waals surface area contributed by atoms with Crippen molar-refractivity contribution in [3.8, 4) is 55.6 Å². The van der Waals surface area contributed by atoms with Gasteiger partial charge in [-0.25, -0.2) is 0 Å². The normalized spacial score (nSPS) is 15.5. The lowest BCUT2D eigenvalue weighted by molar-refractivity contribution is 0.631. The van der Waals surface area contributed by atoms with Crippen LogP contribution in [-0.4, -0.2) is 14.1 Å². The van der Waals surface area contributed by atoms with E-state index < -0.39 is 5.41 Å². The van der Waals surface area contributed by atoms with Gasteiger partial charge in [0.25, 0.3) is 0 Å². The first-order valence-electron chi connectivity index (χ1n) is 26.0. The molecule has 4 aliphatic rings. The molecule has 0 saturated heterocycles. The van der Waals surface area contributed by atoms with Crippen LogP contribution in [-0.2, 0) is 16.2 Å². The van der Waals surface area contributed by atoms with Crippen LogP contribution >= 0.6 is 0 Å². The quantitative estimate of drug-likeness (QED) is 0.163. The Hall–Kier alpha value is -8.46. The number of nitrogens with zero attached hydrogens (tertiary/aromatic N) is 2. The molecule has 11 aromatic carbocycles. The molecule has 2 heteroatoms. The average Bonchev–Trinajstić information content (AvgIpc) is 3.95. The fourth-order valence-corrected chi connectivity index (χ4v) is 14.8. The minimum Gasteiger partial charge on any atom is -0.344 e. The highest BCUT2D eigenvalue weighted by Gasteiger charge is 2.53. The Morgan fingerprint density at radius 3 is 1.04 bits per heavy atom. The predicted molar refractivity (Wildman–Crippen MR) is 307 cm³/mol. The van der Waals surface area contributed by atoms with Gasteiger partial charge >= 0.3 is 0 Å². The van der Waals surface area contributed by atoms with E-state index in [4.69, 9.17) is 0 Å². The van der Waals surface area contributed by atoms with Gasteiger partial charge in [-0.05, 0) is 152 Å². The third-order valence-electron chi connectivity index (χ3n) is 17.8. The van der Waals surface area contributed by atoms with Crippen LogP contribution in [0.1, 0.15) is 72.2 Å². The summed E-state index contributed by atoms with van der Waals surface area (Å²) in [6, 6.07) is 83.5. The Kier molecular flexibility index (Phi) is 8.57. The largest absolute Gasteiger partial charge is 0.344 e. The van der Waals surface area contributed by atoms with Gasteiger partial charge in [0.15, 0.2) is 0 Å². The van der Waals surface area contributed by atoms with E-state index in [1.165, 1.54) is 144 Å². The second-order valence-electron chi connectivity index (χ2n) is 22.0. The van der Waals surface area contributed by atoms with Crippen LogP contribution < -0.4 is 9.80 Å². The number of para-hydroxylation sites is 2. The lowest BCUT2D eigenvalue weighted by Gasteiger charge is -2.42. The Labute approximate surface area is 428 Å². The molecule has 0 bridgehead atoms. The van der Waals surface area contributed by atoms with Gasteiger partial charge in [-0.15, -0.1) is 0 Å². The predicted octanol–water partition coefficient (Wildman–Crippen LogP) is 18.2. The molecule has 2 nitrogen and oxygen atoms in total. The zero-order chi connectivity index (χ0) is 49.1. The van der Waals surface area contributed by atoms with Crippen LogP contribution in [0.5, 0.6) is 0 Å². The van der Waals surface area contributed by atoms with Gasteiger partial charge in [-0.1, -0.05) is 216 Å². The summed E-state index contributed by atoms with van der Waals surface area (Å²) in [5.41, 5.74) is 27.6. The summed E-state index contributed by atoms with van der Waals surface area (Å²) in [5, 5.41) is 5.02. The Morgan fingerprint density at radius 1 is 0.260 bits per heavy atom. The Morgan fingerprint density at radius 2 is 0.575 bits per heavy atom. The van der Waals surface area contributed by atoms with Gasteiger partial charge in [0.1, 0.15) is 0 Å². The molecule has 0 fully saturated rings.